The van der Waals surface area contributed by atoms with Gasteiger partial charge in [-0.2, -0.15) is 5.26 Å². The lowest BCUT2D eigenvalue weighted by atomic mass is 10.0. The normalized spacial score (nSPS) is 10.4. The van der Waals surface area contributed by atoms with Crippen molar-refractivity contribution in [3.05, 3.63) is 33.7 Å². The van der Waals surface area contributed by atoms with Gasteiger partial charge in [-0.15, -0.1) is 11.3 Å². The van der Waals surface area contributed by atoms with E-state index in [4.69, 9.17) is 16.9 Å². The van der Waals surface area contributed by atoms with E-state index in [9.17, 15) is 0 Å². The Labute approximate surface area is 91.5 Å². The molecule has 1 nitrogen and oxygen atoms in total. The molecule has 1 aromatic carbocycles. The Bertz CT molecular complexity index is 522. The molecule has 0 amide bonds. The lowest BCUT2D eigenvalue weighted by Crippen LogP contribution is -1.86. The minimum absolute atomic E-state index is 0.763. The summed E-state index contributed by atoms with van der Waals surface area (Å²) in [7, 11) is 0. The SMILES string of the molecule is CCc1c(C#N)ccc2c(Cl)csc12. The molecule has 2 aromatic rings. The number of benzene rings is 1. The first-order valence-corrected chi connectivity index (χ1v) is 5.62. The fraction of sp³-hybridized carbons (Fsp3) is 0.182. The summed E-state index contributed by atoms with van der Waals surface area (Å²) in [4.78, 5) is 0. The van der Waals surface area contributed by atoms with Gasteiger partial charge in [-0.25, -0.2) is 0 Å². The second kappa shape index (κ2) is 3.61. The zero-order valence-electron chi connectivity index (χ0n) is 7.67. The molecular formula is C11H8ClNS. The molecular weight excluding hydrogens is 214 g/mol. The number of rotatable bonds is 1. The standard InChI is InChI=1S/C11H8ClNS/c1-2-8-7(5-13)3-4-9-10(12)6-14-11(8)9/h3-4,6H,2H2,1H3. The van der Waals surface area contributed by atoms with Gasteiger partial charge in [-0.1, -0.05) is 24.6 Å². The average molecular weight is 222 g/mol. The van der Waals surface area contributed by atoms with Crippen molar-refractivity contribution >= 4 is 33.0 Å². The van der Waals surface area contributed by atoms with Crippen molar-refractivity contribution in [1.82, 2.24) is 0 Å². The number of thiophene rings is 1. The Balaban J connectivity index is 2.86. The summed E-state index contributed by atoms with van der Waals surface area (Å²) >= 11 is 7.64. The molecule has 3 heteroatoms. The van der Waals surface area contributed by atoms with Crippen molar-refractivity contribution in [1.29, 1.82) is 5.26 Å². The van der Waals surface area contributed by atoms with E-state index in [-0.39, 0.29) is 0 Å². The van der Waals surface area contributed by atoms with E-state index in [0.29, 0.717) is 0 Å². The molecule has 0 saturated heterocycles. The van der Waals surface area contributed by atoms with Crippen LogP contribution >= 0.6 is 22.9 Å². The third kappa shape index (κ3) is 1.30. The predicted molar refractivity (Wildman–Crippen MR) is 60.9 cm³/mol. The summed E-state index contributed by atoms with van der Waals surface area (Å²) in [5.41, 5.74) is 1.88. The molecule has 0 fully saturated rings. The predicted octanol–water partition coefficient (Wildman–Crippen LogP) is 3.99. The summed E-state index contributed by atoms with van der Waals surface area (Å²) < 4.78 is 1.15. The highest BCUT2D eigenvalue weighted by molar-refractivity contribution is 7.18. The third-order valence-corrected chi connectivity index (χ3v) is 3.77. The second-order valence-electron chi connectivity index (χ2n) is 3.02. The quantitative estimate of drug-likeness (QED) is 0.715. The summed E-state index contributed by atoms with van der Waals surface area (Å²) in [6, 6.07) is 5.98. The maximum absolute atomic E-state index is 8.94. The van der Waals surface area contributed by atoms with Crippen LogP contribution in [0.25, 0.3) is 10.1 Å². The summed E-state index contributed by atoms with van der Waals surface area (Å²) in [6.45, 7) is 2.06. The van der Waals surface area contributed by atoms with Crippen LogP contribution in [-0.2, 0) is 6.42 Å². The monoisotopic (exact) mass is 221 g/mol. The fourth-order valence-electron chi connectivity index (χ4n) is 1.58. The number of nitriles is 1. The van der Waals surface area contributed by atoms with Crippen LogP contribution in [0.4, 0.5) is 0 Å². The van der Waals surface area contributed by atoms with E-state index < -0.39 is 0 Å². The molecule has 0 aliphatic rings. The molecule has 0 spiro atoms. The molecule has 1 aromatic heterocycles. The highest BCUT2D eigenvalue weighted by Gasteiger charge is 2.09. The van der Waals surface area contributed by atoms with E-state index >= 15 is 0 Å². The molecule has 1 heterocycles. The van der Waals surface area contributed by atoms with Gasteiger partial charge in [0.2, 0.25) is 0 Å². The number of hydrogen-bond acceptors (Lipinski definition) is 2. The van der Waals surface area contributed by atoms with Crippen LogP contribution < -0.4 is 0 Å². The Morgan fingerprint density at radius 1 is 1.50 bits per heavy atom. The summed E-state index contributed by atoms with van der Waals surface area (Å²) in [5, 5.41) is 12.7. The number of fused-ring (bicyclic) bond motifs is 1. The first-order valence-electron chi connectivity index (χ1n) is 4.36. The number of aryl methyl sites for hydroxylation is 1. The molecule has 0 aliphatic heterocycles. The van der Waals surface area contributed by atoms with Gasteiger partial charge in [0.05, 0.1) is 16.7 Å². The van der Waals surface area contributed by atoms with Crippen molar-refractivity contribution < 1.29 is 0 Å². The van der Waals surface area contributed by atoms with Crippen molar-refractivity contribution in [2.75, 3.05) is 0 Å². The van der Waals surface area contributed by atoms with Gasteiger partial charge in [-0.05, 0) is 18.1 Å². The van der Waals surface area contributed by atoms with E-state index in [1.165, 1.54) is 0 Å². The smallest absolute Gasteiger partial charge is 0.0995 e. The molecule has 0 aliphatic carbocycles. The van der Waals surface area contributed by atoms with Crippen LogP contribution in [0.2, 0.25) is 5.02 Å². The van der Waals surface area contributed by atoms with Gasteiger partial charge >= 0.3 is 0 Å². The van der Waals surface area contributed by atoms with E-state index in [2.05, 4.69) is 13.0 Å². The van der Waals surface area contributed by atoms with Gasteiger partial charge < -0.3 is 0 Å². The third-order valence-electron chi connectivity index (χ3n) is 2.27. The maximum Gasteiger partial charge on any atom is 0.0995 e. The lowest BCUT2D eigenvalue weighted by molar-refractivity contribution is 1.15. The first kappa shape index (κ1) is 9.51. The zero-order chi connectivity index (χ0) is 10.1. The molecule has 0 unspecified atom stereocenters. The van der Waals surface area contributed by atoms with Gasteiger partial charge in [0.25, 0.3) is 0 Å². The molecule has 0 radical (unpaired) electrons. The van der Waals surface area contributed by atoms with Crippen molar-refractivity contribution in [3.8, 4) is 6.07 Å². The molecule has 70 valence electrons. The van der Waals surface area contributed by atoms with Crippen LogP contribution in [0.3, 0.4) is 0 Å². The Kier molecular flexibility index (Phi) is 2.45. The topological polar surface area (TPSA) is 23.8 Å². The largest absolute Gasteiger partial charge is 0.192 e. The Morgan fingerprint density at radius 3 is 2.93 bits per heavy atom. The van der Waals surface area contributed by atoms with Crippen molar-refractivity contribution in [2.24, 2.45) is 0 Å². The van der Waals surface area contributed by atoms with Crippen molar-refractivity contribution in [3.63, 3.8) is 0 Å². The molecule has 0 bridgehead atoms. The van der Waals surface area contributed by atoms with E-state index in [0.717, 1.165) is 32.7 Å². The average Bonchev–Trinajstić information content (AvgIpc) is 2.59. The maximum atomic E-state index is 8.94. The summed E-state index contributed by atoms with van der Waals surface area (Å²) in [5.74, 6) is 0. The lowest BCUT2D eigenvalue weighted by Gasteiger charge is -2.01. The number of halogens is 1. The van der Waals surface area contributed by atoms with Crippen LogP contribution in [0.5, 0.6) is 0 Å². The van der Waals surface area contributed by atoms with Crippen molar-refractivity contribution in [2.45, 2.75) is 13.3 Å². The number of hydrogen-bond donors (Lipinski definition) is 0. The van der Waals surface area contributed by atoms with Gasteiger partial charge in [-0.3, -0.25) is 0 Å². The molecule has 0 saturated carbocycles. The molecule has 0 N–H and O–H groups in total. The highest BCUT2D eigenvalue weighted by Crippen LogP contribution is 2.34. The molecule has 0 atom stereocenters. The number of nitrogens with zero attached hydrogens (tertiary/aromatic N) is 1. The van der Waals surface area contributed by atoms with E-state index in [1.54, 1.807) is 11.3 Å². The minimum atomic E-state index is 0.763. The summed E-state index contributed by atoms with van der Waals surface area (Å²) in [6.07, 6.45) is 0.872. The first-order chi connectivity index (χ1) is 6.77. The van der Waals surface area contributed by atoms with Crippen LogP contribution in [0, 0.1) is 11.3 Å². The Hall–Kier alpha value is -1.04. The van der Waals surface area contributed by atoms with Gasteiger partial charge in [0, 0.05) is 15.5 Å². The van der Waals surface area contributed by atoms with Gasteiger partial charge in [0.1, 0.15) is 0 Å². The minimum Gasteiger partial charge on any atom is -0.192 e. The van der Waals surface area contributed by atoms with Crippen LogP contribution in [0.1, 0.15) is 18.1 Å². The second-order valence-corrected chi connectivity index (χ2v) is 4.30. The van der Waals surface area contributed by atoms with Crippen LogP contribution in [0.15, 0.2) is 17.5 Å². The van der Waals surface area contributed by atoms with Crippen LogP contribution in [-0.4, -0.2) is 0 Å². The van der Waals surface area contributed by atoms with E-state index in [1.807, 2.05) is 17.5 Å². The van der Waals surface area contributed by atoms with Gasteiger partial charge in [0.15, 0.2) is 0 Å². The molecule has 2 rings (SSSR count). The molecule has 14 heavy (non-hydrogen) atoms. The fourth-order valence-corrected chi connectivity index (χ4v) is 2.98. The zero-order valence-corrected chi connectivity index (χ0v) is 9.25. The Morgan fingerprint density at radius 2 is 2.29 bits per heavy atom. The highest BCUT2D eigenvalue weighted by atomic mass is 35.5.